The molecule has 4 rings (SSSR count). The van der Waals surface area contributed by atoms with Gasteiger partial charge in [-0.05, 0) is 42.7 Å². The van der Waals surface area contributed by atoms with E-state index in [4.69, 9.17) is 9.26 Å². The van der Waals surface area contributed by atoms with Crippen LogP contribution in [0.4, 0.5) is 5.69 Å². The van der Waals surface area contributed by atoms with Gasteiger partial charge in [-0.2, -0.15) is 4.98 Å². The van der Waals surface area contributed by atoms with E-state index < -0.39 is 0 Å². The van der Waals surface area contributed by atoms with E-state index in [1.807, 2.05) is 53.4 Å². The average molecular weight is 434 g/mol. The van der Waals surface area contributed by atoms with E-state index in [9.17, 15) is 9.59 Å². The number of carbonyl (C=O) groups excluding carboxylic acids is 2. The number of piperidine rings is 1. The SMILES string of the molecule is COc1ccccc1-c1nc(C2CCN(C(=O)Cc3ccc(NC(C)=O)cc3)CC2)no1. The van der Waals surface area contributed by atoms with Gasteiger partial charge in [-0.25, -0.2) is 0 Å². The molecule has 1 fully saturated rings. The lowest BCUT2D eigenvalue weighted by Crippen LogP contribution is -2.39. The molecule has 0 unspecified atom stereocenters. The number of hydrogen-bond acceptors (Lipinski definition) is 6. The Morgan fingerprint density at radius 1 is 1.12 bits per heavy atom. The minimum Gasteiger partial charge on any atom is -0.496 e. The zero-order chi connectivity index (χ0) is 22.5. The van der Waals surface area contributed by atoms with Crippen molar-refractivity contribution in [3.63, 3.8) is 0 Å². The maximum absolute atomic E-state index is 12.7. The van der Waals surface area contributed by atoms with Gasteiger partial charge in [-0.1, -0.05) is 29.4 Å². The molecule has 3 aromatic rings. The first kappa shape index (κ1) is 21.5. The van der Waals surface area contributed by atoms with Crippen LogP contribution in [-0.4, -0.2) is 47.1 Å². The van der Waals surface area contributed by atoms with Crippen molar-refractivity contribution in [2.24, 2.45) is 0 Å². The van der Waals surface area contributed by atoms with Crippen LogP contribution in [-0.2, 0) is 16.0 Å². The predicted octanol–water partition coefficient (Wildman–Crippen LogP) is 3.65. The summed E-state index contributed by atoms with van der Waals surface area (Å²) in [6.45, 7) is 2.78. The third-order valence-electron chi connectivity index (χ3n) is 5.62. The Morgan fingerprint density at radius 2 is 1.84 bits per heavy atom. The van der Waals surface area contributed by atoms with Crippen LogP contribution in [0.1, 0.15) is 37.1 Å². The molecule has 1 saturated heterocycles. The minimum atomic E-state index is -0.117. The Kier molecular flexibility index (Phi) is 6.49. The van der Waals surface area contributed by atoms with Crippen LogP contribution in [0.15, 0.2) is 53.1 Å². The molecule has 0 radical (unpaired) electrons. The maximum Gasteiger partial charge on any atom is 0.261 e. The lowest BCUT2D eigenvalue weighted by atomic mass is 9.95. The number of ether oxygens (including phenoxy) is 1. The fourth-order valence-electron chi connectivity index (χ4n) is 3.91. The fraction of sp³-hybridized carbons (Fsp3) is 0.333. The molecule has 0 saturated carbocycles. The number of rotatable bonds is 6. The lowest BCUT2D eigenvalue weighted by Gasteiger charge is -2.30. The van der Waals surface area contributed by atoms with Crippen molar-refractivity contribution in [1.29, 1.82) is 0 Å². The van der Waals surface area contributed by atoms with E-state index in [0.29, 0.717) is 37.0 Å². The van der Waals surface area contributed by atoms with Gasteiger partial charge >= 0.3 is 0 Å². The number of anilines is 1. The van der Waals surface area contributed by atoms with Gasteiger partial charge in [0.1, 0.15) is 5.75 Å². The van der Waals surface area contributed by atoms with Crippen molar-refractivity contribution in [3.8, 4) is 17.2 Å². The van der Waals surface area contributed by atoms with E-state index >= 15 is 0 Å². The highest BCUT2D eigenvalue weighted by Crippen LogP contribution is 2.31. The molecular formula is C24H26N4O4. The van der Waals surface area contributed by atoms with Crippen molar-refractivity contribution in [2.45, 2.75) is 32.1 Å². The quantitative estimate of drug-likeness (QED) is 0.636. The number of nitrogens with one attached hydrogen (secondary N) is 1. The van der Waals surface area contributed by atoms with E-state index in [0.717, 1.165) is 29.7 Å². The van der Waals surface area contributed by atoms with Gasteiger partial charge in [-0.15, -0.1) is 0 Å². The van der Waals surface area contributed by atoms with E-state index in [2.05, 4.69) is 15.5 Å². The summed E-state index contributed by atoms with van der Waals surface area (Å²) in [6, 6.07) is 14.9. The number of benzene rings is 2. The Bertz CT molecular complexity index is 1090. The lowest BCUT2D eigenvalue weighted by molar-refractivity contribution is -0.131. The van der Waals surface area contributed by atoms with Gasteiger partial charge in [0.2, 0.25) is 11.8 Å². The maximum atomic E-state index is 12.7. The number of methoxy groups -OCH3 is 1. The van der Waals surface area contributed by atoms with Crippen LogP contribution in [0.3, 0.4) is 0 Å². The minimum absolute atomic E-state index is 0.0959. The highest BCUT2D eigenvalue weighted by Gasteiger charge is 2.27. The largest absolute Gasteiger partial charge is 0.496 e. The standard InChI is InChI=1S/C24H26N4O4/c1-16(29)25-19-9-7-17(8-10-19)15-22(30)28-13-11-18(12-14-28)23-26-24(32-27-23)20-5-3-4-6-21(20)31-2/h3-10,18H,11-15H2,1-2H3,(H,25,29). The molecular weight excluding hydrogens is 408 g/mol. The summed E-state index contributed by atoms with van der Waals surface area (Å²) in [5.41, 5.74) is 2.42. The molecule has 2 aromatic carbocycles. The molecule has 0 atom stereocenters. The summed E-state index contributed by atoms with van der Waals surface area (Å²) in [6.07, 6.45) is 1.92. The Morgan fingerprint density at radius 3 is 2.53 bits per heavy atom. The second-order valence-corrected chi connectivity index (χ2v) is 7.87. The first-order valence-electron chi connectivity index (χ1n) is 10.6. The summed E-state index contributed by atoms with van der Waals surface area (Å²) in [5, 5.41) is 6.91. The molecule has 0 spiro atoms. The average Bonchev–Trinajstić information content (AvgIpc) is 3.30. The summed E-state index contributed by atoms with van der Waals surface area (Å²) < 4.78 is 10.9. The van der Waals surface area contributed by atoms with Gasteiger partial charge in [-0.3, -0.25) is 9.59 Å². The number of amides is 2. The van der Waals surface area contributed by atoms with Crippen LogP contribution in [0, 0.1) is 0 Å². The Labute approximate surface area is 186 Å². The van der Waals surface area contributed by atoms with Gasteiger partial charge < -0.3 is 19.5 Å². The molecule has 8 nitrogen and oxygen atoms in total. The molecule has 2 heterocycles. The summed E-state index contributed by atoms with van der Waals surface area (Å²) in [5.74, 6) is 1.94. The van der Waals surface area contributed by atoms with Crippen LogP contribution in [0.5, 0.6) is 5.75 Å². The van der Waals surface area contributed by atoms with Crippen molar-refractivity contribution in [2.75, 3.05) is 25.5 Å². The van der Waals surface area contributed by atoms with Gasteiger partial charge in [0.25, 0.3) is 5.89 Å². The molecule has 32 heavy (non-hydrogen) atoms. The van der Waals surface area contributed by atoms with Crippen molar-refractivity contribution < 1.29 is 18.8 Å². The topological polar surface area (TPSA) is 97.6 Å². The number of aromatic nitrogens is 2. The summed E-state index contributed by atoms with van der Waals surface area (Å²) in [4.78, 5) is 30.3. The summed E-state index contributed by atoms with van der Waals surface area (Å²) in [7, 11) is 1.61. The molecule has 2 amide bonds. The van der Waals surface area contributed by atoms with Crippen LogP contribution in [0.2, 0.25) is 0 Å². The van der Waals surface area contributed by atoms with Gasteiger partial charge in [0.05, 0.1) is 19.1 Å². The highest BCUT2D eigenvalue weighted by atomic mass is 16.5. The predicted molar refractivity (Wildman–Crippen MR) is 119 cm³/mol. The monoisotopic (exact) mass is 434 g/mol. The normalized spacial score (nSPS) is 14.2. The molecule has 166 valence electrons. The van der Waals surface area contributed by atoms with E-state index in [-0.39, 0.29) is 17.7 Å². The molecule has 8 heteroatoms. The molecule has 1 N–H and O–H groups in total. The van der Waals surface area contributed by atoms with Crippen molar-refractivity contribution in [3.05, 3.63) is 59.9 Å². The number of likely N-dealkylation sites (tertiary alicyclic amines) is 1. The zero-order valence-corrected chi connectivity index (χ0v) is 18.2. The Hall–Kier alpha value is -3.68. The Balaban J connectivity index is 1.33. The van der Waals surface area contributed by atoms with Gasteiger partial charge in [0, 0.05) is 31.6 Å². The highest BCUT2D eigenvalue weighted by molar-refractivity contribution is 5.88. The van der Waals surface area contributed by atoms with Crippen LogP contribution < -0.4 is 10.1 Å². The van der Waals surface area contributed by atoms with E-state index in [1.54, 1.807) is 7.11 Å². The second-order valence-electron chi connectivity index (χ2n) is 7.87. The van der Waals surface area contributed by atoms with Crippen molar-refractivity contribution in [1.82, 2.24) is 15.0 Å². The molecule has 1 aliphatic rings. The number of hydrogen-bond donors (Lipinski definition) is 1. The second kappa shape index (κ2) is 9.64. The number of para-hydroxylation sites is 1. The van der Waals surface area contributed by atoms with Crippen LogP contribution in [0.25, 0.3) is 11.5 Å². The third-order valence-corrected chi connectivity index (χ3v) is 5.62. The summed E-state index contributed by atoms with van der Waals surface area (Å²) >= 11 is 0. The first-order valence-corrected chi connectivity index (χ1v) is 10.6. The van der Waals surface area contributed by atoms with Crippen molar-refractivity contribution >= 4 is 17.5 Å². The van der Waals surface area contributed by atoms with E-state index in [1.165, 1.54) is 6.92 Å². The smallest absolute Gasteiger partial charge is 0.261 e. The molecule has 0 aliphatic carbocycles. The molecule has 1 aromatic heterocycles. The zero-order valence-electron chi connectivity index (χ0n) is 18.2. The number of nitrogens with zero attached hydrogens (tertiary/aromatic N) is 3. The number of carbonyl (C=O) groups is 2. The fourth-order valence-corrected chi connectivity index (χ4v) is 3.91. The first-order chi connectivity index (χ1) is 15.5. The van der Waals surface area contributed by atoms with Gasteiger partial charge in [0.15, 0.2) is 5.82 Å². The van der Waals surface area contributed by atoms with Crippen LogP contribution >= 0.6 is 0 Å². The molecule has 0 bridgehead atoms. The third kappa shape index (κ3) is 4.96. The molecule has 1 aliphatic heterocycles.